The molecule has 0 radical (unpaired) electrons. The maximum Gasteiger partial charge on any atom is 0.330 e. The summed E-state index contributed by atoms with van der Waals surface area (Å²) in [5, 5.41) is 2.63. The largest absolute Gasteiger partial charge is 0.454 e. The molecule has 0 saturated heterocycles. The maximum atomic E-state index is 12.7. The minimum atomic E-state index is -1.12. The number of ether oxygens (including phenoxy) is 1. The Labute approximate surface area is 168 Å². The Morgan fingerprint density at radius 3 is 2.03 bits per heavy atom. The predicted octanol–water partition coefficient (Wildman–Crippen LogP) is 2.80. The van der Waals surface area contributed by atoms with Crippen molar-refractivity contribution in [2.45, 2.75) is 26.8 Å². The van der Waals surface area contributed by atoms with E-state index in [1.54, 1.807) is 50.2 Å². The molecular formula is C22H22N2O5. The smallest absolute Gasteiger partial charge is 0.330 e. The highest BCUT2D eigenvalue weighted by Gasteiger charge is 2.44. The van der Waals surface area contributed by atoms with Gasteiger partial charge in [-0.25, -0.2) is 4.79 Å². The fourth-order valence-corrected chi connectivity index (χ4v) is 3.19. The lowest BCUT2D eigenvalue weighted by molar-refractivity contribution is -0.152. The average molecular weight is 394 g/mol. The first kappa shape index (κ1) is 20.3. The van der Waals surface area contributed by atoms with Crippen molar-refractivity contribution in [3.05, 3.63) is 65.2 Å². The molecule has 1 atom stereocenters. The van der Waals surface area contributed by atoms with Gasteiger partial charge in [0.25, 0.3) is 17.7 Å². The molecule has 2 aromatic rings. The van der Waals surface area contributed by atoms with Crippen molar-refractivity contribution in [2.24, 2.45) is 5.92 Å². The zero-order chi connectivity index (χ0) is 21.1. The Kier molecular flexibility index (Phi) is 5.77. The number of rotatable bonds is 6. The zero-order valence-electron chi connectivity index (χ0n) is 16.5. The van der Waals surface area contributed by atoms with E-state index in [-0.39, 0.29) is 17.0 Å². The molecule has 0 aliphatic carbocycles. The molecule has 1 aliphatic heterocycles. The number of hydrogen-bond acceptors (Lipinski definition) is 5. The summed E-state index contributed by atoms with van der Waals surface area (Å²) >= 11 is 0. The van der Waals surface area contributed by atoms with Crippen LogP contribution in [0.5, 0.6) is 0 Å². The number of hydrogen-bond donors (Lipinski definition) is 1. The minimum Gasteiger partial charge on any atom is -0.454 e. The van der Waals surface area contributed by atoms with Crippen LogP contribution in [0.25, 0.3) is 0 Å². The number of esters is 1. The second kappa shape index (κ2) is 8.26. The molecule has 3 rings (SSSR count). The summed E-state index contributed by atoms with van der Waals surface area (Å²) in [4.78, 5) is 51.0. The van der Waals surface area contributed by atoms with Crippen molar-refractivity contribution < 1.29 is 23.9 Å². The van der Waals surface area contributed by atoms with Crippen molar-refractivity contribution >= 4 is 29.4 Å². The van der Waals surface area contributed by atoms with E-state index in [9.17, 15) is 19.2 Å². The Bertz CT molecular complexity index is 930. The van der Waals surface area contributed by atoms with Crippen molar-refractivity contribution in [1.29, 1.82) is 0 Å². The molecule has 1 heterocycles. The van der Waals surface area contributed by atoms with E-state index in [0.29, 0.717) is 5.69 Å². The molecular weight excluding hydrogens is 372 g/mol. The Hall–Kier alpha value is -3.48. The van der Waals surface area contributed by atoms with Crippen molar-refractivity contribution in [3.8, 4) is 0 Å². The van der Waals surface area contributed by atoms with Crippen LogP contribution in [0.4, 0.5) is 5.69 Å². The fourth-order valence-electron chi connectivity index (χ4n) is 3.19. The van der Waals surface area contributed by atoms with Crippen LogP contribution in [0.3, 0.4) is 0 Å². The van der Waals surface area contributed by atoms with E-state index in [2.05, 4.69) is 5.32 Å². The van der Waals surface area contributed by atoms with Crippen LogP contribution in [0.15, 0.2) is 48.5 Å². The quantitative estimate of drug-likeness (QED) is 0.601. The lowest BCUT2D eigenvalue weighted by Gasteiger charge is -2.27. The second-order valence-electron chi connectivity index (χ2n) is 7.24. The highest BCUT2D eigenvalue weighted by atomic mass is 16.5. The summed E-state index contributed by atoms with van der Waals surface area (Å²) in [6.45, 7) is 4.83. The molecule has 1 N–H and O–H groups in total. The molecule has 7 nitrogen and oxygen atoms in total. The molecule has 150 valence electrons. The lowest BCUT2D eigenvalue weighted by atomic mass is 10.0. The molecule has 29 heavy (non-hydrogen) atoms. The van der Waals surface area contributed by atoms with Crippen LogP contribution >= 0.6 is 0 Å². The molecule has 0 aromatic heterocycles. The molecule has 3 amide bonds. The van der Waals surface area contributed by atoms with E-state index >= 15 is 0 Å². The van der Waals surface area contributed by atoms with Gasteiger partial charge in [0.2, 0.25) is 0 Å². The summed E-state index contributed by atoms with van der Waals surface area (Å²) in [7, 11) is 0. The summed E-state index contributed by atoms with van der Waals surface area (Å²) in [6, 6.07) is 12.5. The van der Waals surface area contributed by atoms with Crippen LogP contribution in [-0.2, 0) is 14.3 Å². The summed E-state index contributed by atoms with van der Waals surface area (Å²) < 4.78 is 5.13. The van der Waals surface area contributed by atoms with E-state index < -0.39 is 36.3 Å². The molecule has 0 unspecified atom stereocenters. The first-order chi connectivity index (χ1) is 13.8. The molecule has 7 heteroatoms. The number of aryl methyl sites for hydroxylation is 1. The first-order valence-electron chi connectivity index (χ1n) is 9.29. The van der Waals surface area contributed by atoms with E-state index in [0.717, 1.165) is 10.5 Å². The van der Waals surface area contributed by atoms with Crippen molar-refractivity contribution in [1.82, 2.24) is 4.90 Å². The molecule has 1 aliphatic rings. The second-order valence-corrected chi connectivity index (χ2v) is 7.24. The Morgan fingerprint density at radius 1 is 0.966 bits per heavy atom. The fraction of sp³-hybridized carbons (Fsp3) is 0.273. The van der Waals surface area contributed by atoms with Crippen LogP contribution < -0.4 is 5.32 Å². The number of anilines is 1. The summed E-state index contributed by atoms with van der Waals surface area (Å²) in [6.07, 6.45) is 0. The van der Waals surface area contributed by atoms with Gasteiger partial charge in [0.15, 0.2) is 6.61 Å². The Morgan fingerprint density at radius 2 is 1.52 bits per heavy atom. The lowest BCUT2D eigenvalue weighted by Crippen LogP contribution is -2.49. The van der Waals surface area contributed by atoms with Crippen LogP contribution in [0.2, 0.25) is 0 Å². The number of carbonyl (C=O) groups excluding carboxylic acids is 4. The van der Waals surface area contributed by atoms with Gasteiger partial charge in [0.1, 0.15) is 6.04 Å². The number of nitrogens with one attached hydrogen (secondary N) is 1. The SMILES string of the molecule is Cc1ccc(NC(=O)COC(=O)[C@H](C(C)C)N2C(=O)c3ccccc3C2=O)cc1. The third kappa shape index (κ3) is 4.18. The third-order valence-electron chi connectivity index (χ3n) is 4.66. The maximum absolute atomic E-state index is 12.7. The summed E-state index contributed by atoms with van der Waals surface area (Å²) in [5.41, 5.74) is 2.15. The predicted molar refractivity (Wildman–Crippen MR) is 106 cm³/mol. The first-order valence-corrected chi connectivity index (χ1v) is 9.29. The van der Waals surface area contributed by atoms with Crippen molar-refractivity contribution in [3.63, 3.8) is 0 Å². The number of amides is 3. The molecule has 0 bridgehead atoms. The van der Waals surface area contributed by atoms with Gasteiger partial charge in [0, 0.05) is 5.69 Å². The minimum absolute atomic E-state index is 0.257. The molecule has 0 spiro atoms. The van der Waals surface area contributed by atoms with Gasteiger partial charge in [0.05, 0.1) is 11.1 Å². The number of nitrogens with zero attached hydrogens (tertiary/aromatic N) is 1. The molecule has 0 saturated carbocycles. The van der Waals surface area contributed by atoms with E-state index in [1.807, 2.05) is 19.1 Å². The molecule has 2 aromatic carbocycles. The molecule has 0 fully saturated rings. The Balaban J connectivity index is 1.67. The number of carbonyl (C=O) groups is 4. The van der Waals surface area contributed by atoms with E-state index in [1.165, 1.54) is 0 Å². The number of fused-ring (bicyclic) bond motifs is 1. The van der Waals surface area contributed by atoms with Crippen LogP contribution in [0.1, 0.15) is 40.1 Å². The normalized spacial score (nSPS) is 14.0. The van der Waals surface area contributed by atoms with Crippen LogP contribution in [-0.4, -0.2) is 41.2 Å². The van der Waals surface area contributed by atoms with Gasteiger partial charge in [-0.15, -0.1) is 0 Å². The van der Waals surface area contributed by atoms with Gasteiger partial charge in [-0.2, -0.15) is 0 Å². The standard InChI is InChI=1S/C22H22N2O5/c1-13(2)19(24-20(26)16-6-4-5-7-17(16)21(24)27)22(28)29-12-18(25)23-15-10-8-14(3)9-11-15/h4-11,13,19H,12H2,1-3H3,(H,23,25)/t19-/m0/s1. The topological polar surface area (TPSA) is 92.8 Å². The number of benzene rings is 2. The highest BCUT2D eigenvalue weighted by molar-refractivity contribution is 6.22. The van der Waals surface area contributed by atoms with E-state index in [4.69, 9.17) is 4.74 Å². The van der Waals surface area contributed by atoms with Gasteiger partial charge in [-0.3, -0.25) is 19.3 Å². The highest BCUT2D eigenvalue weighted by Crippen LogP contribution is 2.27. The van der Waals surface area contributed by atoms with Gasteiger partial charge >= 0.3 is 5.97 Å². The number of imide groups is 1. The van der Waals surface area contributed by atoms with Gasteiger partial charge in [-0.05, 0) is 37.1 Å². The summed E-state index contributed by atoms with van der Waals surface area (Å²) in [5.74, 6) is -2.76. The average Bonchev–Trinajstić information content (AvgIpc) is 2.94. The third-order valence-corrected chi connectivity index (χ3v) is 4.66. The van der Waals surface area contributed by atoms with Crippen molar-refractivity contribution in [2.75, 3.05) is 11.9 Å². The van der Waals surface area contributed by atoms with Gasteiger partial charge in [-0.1, -0.05) is 43.7 Å². The zero-order valence-corrected chi connectivity index (χ0v) is 16.5. The van der Waals surface area contributed by atoms with Crippen LogP contribution in [0, 0.1) is 12.8 Å². The monoisotopic (exact) mass is 394 g/mol. The van der Waals surface area contributed by atoms with Gasteiger partial charge < -0.3 is 10.1 Å².